The van der Waals surface area contributed by atoms with Crippen LogP contribution in [-0.2, 0) is 4.79 Å². The van der Waals surface area contributed by atoms with Crippen LogP contribution in [0.15, 0.2) is 42.5 Å². The summed E-state index contributed by atoms with van der Waals surface area (Å²) in [6.45, 7) is 2.43. The van der Waals surface area contributed by atoms with Crippen molar-refractivity contribution in [1.29, 1.82) is 0 Å². The highest BCUT2D eigenvalue weighted by molar-refractivity contribution is 6.04. The van der Waals surface area contributed by atoms with E-state index in [2.05, 4.69) is 10.6 Å². The molecule has 0 bridgehead atoms. The molecule has 6 heteroatoms. The number of carbonyl (C=O) groups is 2. The van der Waals surface area contributed by atoms with Gasteiger partial charge in [0.1, 0.15) is 13.2 Å². The molecule has 118 valence electrons. The Labute approximate surface area is 133 Å². The first kappa shape index (κ1) is 14.9. The highest BCUT2D eigenvalue weighted by Gasteiger charge is 2.15. The molecule has 1 aliphatic heterocycles. The summed E-state index contributed by atoms with van der Waals surface area (Å²) in [6.07, 6.45) is 0. The average molecular weight is 312 g/mol. The normalized spacial score (nSPS) is 12.4. The largest absolute Gasteiger partial charge is 0.486 e. The fraction of sp³-hybridized carbons (Fsp3) is 0.176. The summed E-state index contributed by atoms with van der Waals surface area (Å²) in [4.78, 5) is 23.3. The third-order valence-corrected chi connectivity index (χ3v) is 3.27. The van der Waals surface area contributed by atoms with Gasteiger partial charge in [-0.3, -0.25) is 9.59 Å². The number of carbonyl (C=O) groups excluding carboxylic acids is 2. The lowest BCUT2D eigenvalue weighted by atomic mass is 10.1. The number of hydrogen-bond donors (Lipinski definition) is 2. The summed E-state index contributed by atoms with van der Waals surface area (Å²) in [5, 5.41) is 5.47. The summed E-state index contributed by atoms with van der Waals surface area (Å²) >= 11 is 0. The van der Waals surface area contributed by atoms with Crippen LogP contribution < -0.4 is 20.1 Å². The first-order valence-electron chi connectivity index (χ1n) is 7.20. The number of benzene rings is 2. The van der Waals surface area contributed by atoms with E-state index in [1.54, 1.807) is 42.5 Å². The van der Waals surface area contributed by atoms with Crippen LogP contribution in [0.25, 0.3) is 0 Å². The maximum absolute atomic E-state index is 12.3. The lowest BCUT2D eigenvalue weighted by Crippen LogP contribution is -2.17. The van der Waals surface area contributed by atoms with E-state index in [0.29, 0.717) is 41.7 Å². The van der Waals surface area contributed by atoms with E-state index in [0.717, 1.165) is 0 Å². The van der Waals surface area contributed by atoms with E-state index in [9.17, 15) is 9.59 Å². The fourth-order valence-corrected chi connectivity index (χ4v) is 2.23. The van der Waals surface area contributed by atoms with Gasteiger partial charge in [-0.2, -0.15) is 0 Å². The Hall–Kier alpha value is -3.02. The van der Waals surface area contributed by atoms with Crippen molar-refractivity contribution in [3.8, 4) is 11.5 Å². The zero-order chi connectivity index (χ0) is 16.2. The maximum atomic E-state index is 12.3. The Morgan fingerprint density at radius 1 is 0.870 bits per heavy atom. The van der Waals surface area contributed by atoms with Crippen molar-refractivity contribution in [2.45, 2.75) is 6.92 Å². The maximum Gasteiger partial charge on any atom is 0.255 e. The Kier molecular flexibility index (Phi) is 4.14. The monoisotopic (exact) mass is 312 g/mol. The molecule has 0 radical (unpaired) electrons. The molecule has 0 unspecified atom stereocenters. The van der Waals surface area contributed by atoms with Crippen molar-refractivity contribution in [3.63, 3.8) is 0 Å². The Morgan fingerprint density at radius 3 is 2.13 bits per heavy atom. The summed E-state index contributed by atoms with van der Waals surface area (Å²) in [5.41, 5.74) is 1.80. The molecule has 0 aliphatic carbocycles. The quantitative estimate of drug-likeness (QED) is 0.913. The van der Waals surface area contributed by atoms with Gasteiger partial charge in [0.15, 0.2) is 11.5 Å². The molecule has 1 aliphatic rings. The molecule has 23 heavy (non-hydrogen) atoms. The second kappa shape index (κ2) is 6.39. The second-order valence-electron chi connectivity index (χ2n) is 5.07. The van der Waals surface area contributed by atoms with Gasteiger partial charge >= 0.3 is 0 Å². The minimum atomic E-state index is -0.241. The number of hydrogen-bond acceptors (Lipinski definition) is 4. The van der Waals surface area contributed by atoms with Gasteiger partial charge in [-0.1, -0.05) is 0 Å². The first-order chi connectivity index (χ1) is 11.1. The van der Waals surface area contributed by atoms with Crippen molar-refractivity contribution in [1.82, 2.24) is 0 Å². The standard InChI is InChI=1S/C17H16N2O4/c1-11(20)18-13-3-5-14(6-4-13)19-17(21)12-2-7-15-16(10-12)23-9-8-22-15/h2-7,10H,8-9H2,1H3,(H,18,20)(H,19,21). The third kappa shape index (κ3) is 3.60. The van der Waals surface area contributed by atoms with E-state index in [-0.39, 0.29) is 11.8 Å². The lowest BCUT2D eigenvalue weighted by molar-refractivity contribution is -0.114. The SMILES string of the molecule is CC(=O)Nc1ccc(NC(=O)c2ccc3c(c2)OCCO3)cc1. The van der Waals surface area contributed by atoms with Crippen molar-refractivity contribution >= 4 is 23.2 Å². The molecule has 0 saturated carbocycles. The molecular formula is C17H16N2O4. The molecule has 2 aromatic carbocycles. The Balaban J connectivity index is 1.70. The summed E-state index contributed by atoms with van der Waals surface area (Å²) in [5.74, 6) is 0.838. The van der Waals surface area contributed by atoms with Gasteiger partial charge in [0.25, 0.3) is 5.91 Å². The van der Waals surface area contributed by atoms with Gasteiger partial charge in [-0.25, -0.2) is 0 Å². The number of ether oxygens (including phenoxy) is 2. The van der Waals surface area contributed by atoms with Crippen LogP contribution in [0.3, 0.4) is 0 Å². The summed E-state index contributed by atoms with van der Waals surface area (Å²) < 4.78 is 10.9. The molecule has 1 heterocycles. The molecule has 2 N–H and O–H groups in total. The topological polar surface area (TPSA) is 76.7 Å². The molecular weight excluding hydrogens is 296 g/mol. The van der Waals surface area contributed by atoms with Crippen molar-refractivity contribution in [3.05, 3.63) is 48.0 Å². The molecule has 0 fully saturated rings. The van der Waals surface area contributed by atoms with Crippen LogP contribution in [0.1, 0.15) is 17.3 Å². The molecule has 0 atom stereocenters. The molecule has 2 aromatic rings. The van der Waals surface area contributed by atoms with E-state index < -0.39 is 0 Å². The highest BCUT2D eigenvalue weighted by atomic mass is 16.6. The van der Waals surface area contributed by atoms with Gasteiger partial charge in [0.05, 0.1) is 0 Å². The number of amides is 2. The molecule has 2 amide bonds. The number of rotatable bonds is 3. The number of fused-ring (bicyclic) bond motifs is 1. The van der Waals surface area contributed by atoms with Crippen LogP contribution in [-0.4, -0.2) is 25.0 Å². The highest BCUT2D eigenvalue weighted by Crippen LogP contribution is 2.31. The van der Waals surface area contributed by atoms with Crippen LogP contribution >= 0.6 is 0 Å². The molecule has 6 nitrogen and oxygen atoms in total. The van der Waals surface area contributed by atoms with E-state index in [1.807, 2.05) is 0 Å². The number of anilines is 2. The Morgan fingerprint density at radius 2 is 1.48 bits per heavy atom. The molecule has 0 aromatic heterocycles. The summed E-state index contributed by atoms with van der Waals surface area (Å²) in [7, 11) is 0. The van der Waals surface area contributed by atoms with Crippen molar-refractivity contribution in [2.24, 2.45) is 0 Å². The van der Waals surface area contributed by atoms with Gasteiger partial charge in [-0.05, 0) is 42.5 Å². The van der Waals surface area contributed by atoms with E-state index in [4.69, 9.17) is 9.47 Å². The second-order valence-corrected chi connectivity index (χ2v) is 5.07. The molecule has 0 saturated heterocycles. The van der Waals surface area contributed by atoms with Gasteiger partial charge in [0, 0.05) is 23.9 Å². The van der Waals surface area contributed by atoms with Crippen LogP contribution in [0.4, 0.5) is 11.4 Å². The first-order valence-corrected chi connectivity index (χ1v) is 7.20. The zero-order valence-electron chi connectivity index (χ0n) is 12.6. The van der Waals surface area contributed by atoms with Gasteiger partial charge < -0.3 is 20.1 Å². The van der Waals surface area contributed by atoms with Gasteiger partial charge in [0.2, 0.25) is 5.91 Å². The fourth-order valence-electron chi connectivity index (χ4n) is 2.23. The van der Waals surface area contributed by atoms with Crippen LogP contribution in [0, 0.1) is 0 Å². The van der Waals surface area contributed by atoms with Gasteiger partial charge in [-0.15, -0.1) is 0 Å². The van der Waals surface area contributed by atoms with Crippen LogP contribution in [0.2, 0.25) is 0 Å². The predicted octanol–water partition coefficient (Wildman–Crippen LogP) is 2.67. The number of nitrogens with one attached hydrogen (secondary N) is 2. The third-order valence-electron chi connectivity index (χ3n) is 3.27. The minimum absolute atomic E-state index is 0.141. The van der Waals surface area contributed by atoms with Crippen molar-refractivity contribution < 1.29 is 19.1 Å². The average Bonchev–Trinajstić information content (AvgIpc) is 2.55. The lowest BCUT2D eigenvalue weighted by Gasteiger charge is -2.18. The smallest absolute Gasteiger partial charge is 0.255 e. The minimum Gasteiger partial charge on any atom is -0.486 e. The van der Waals surface area contributed by atoms with Crippen LogP contribution in [0.5, 0.6) is 11.5 Å². The Bertz CT molecular complexity index is 741. The predicted molar refractivity (Wildman–Crippen MR) is 86.1 cm³/mol. The molecule has 3 rings (SSSR count). The van der Waals surface area contributed by atoms with E-state index in [1.165, 1.54) is 6.92 Å². The molecule has 0 spiro atoms. The summed E-state index contributed by atoms with van der Waals surface area (Å²) in [6, 6.07) is 12.0. The van der Waals surface area contributed by atoms with Crippen molar-refractivity contribution in [2.75, 3.05) is 23.8 Å². The van der Waals surface area contributed by atoms with E-state index >= 15 is 0 Å². The zero-order valence-corrected chi connectivity index (χ0v) is 12.6.